The van der Waals surface area contributed by atoms with Crippen molar-refractivity contribution < 1.29 is 30.8 Å². The van der Waals surface area contributed by atoms with Crippen molar-refractivity contribution in [2.24, 2.45) is 11.7 Å². The number of nitrogens with two attached hydrogens (primary N) is 1. The minimum Gasteiger partial charge on any atom is -0.472 e. The normalized spacial score (nSPS) is 15.3. The van der Waals surface area contributed by atoms with Gasteiger partial charge in [-0.1, -0.05) is 0 Å². The third-order valence-electron chi connectivity index (χ3n) is 2.18. The van der Waals surface area contributed by atoms with Crippen LogP contribution in [0.25, 0.3) is 0 Å². The van der Waals surface area contributed by atoms with E-state index in [1.165, 1.54) is 6.07 Å². The lowest BCUT2D eigenvalue weighted by atomic mass is 9.94. The fourth-order valence-electron chi connectivity index (χ4n) is 1.47. The minimum absolute atomic E-state index is 0.191. The lowest BCUT2D eigenvalue weighted by Gasteiger charge is -2.27. The largest absolute Gasteiger partial charge is 0.472 e. The van der Waals surface area contributed by atoms with Gasteiger partial charge in [0.2, 0.25) is 0 Å². The second-order valence-corrected chi connectivity index (χ2v) is 3.56. The maximum atomic E-state index is 12.3. The molecule has 17 heavy (non-hydrogen) atoms. The molecular formula is C9H9F6NO. The van der Waals surface area contributed by atoms with Gasteiger partial charge in [-0.05, 0) is 18.1 Å². The highest BCUT2D eigenvalue weighted by Crippen LogP contribution is 2.41. The third kappa shape index (κ3) is 3.65. The summed E-state index contributed by atoms with van der Waals surface area (Å²) in [6, 6.07) is -0.823. The number of alkyl halides is 6. The number of hydrogen-bond acceptors (Lipinski definition) is 2. The van der Waals surface area contributed by atoms with Gasteiger partial charge < -0.3 is 10.2 Å². The van der Waals surface area contributed by atoms with E-state index in [1.54, 1.807) is 0 Å². The van der Waals surface area contributed by atoms with E-state index in [9.17, 15) is 26.3 Å². The van der Waals surface area contributed by atoms with Crippen molar-refractivity contribution in [2.45, 2.75) is 24.8 Å². The first-order chi connectivity index (χ1) is 7.62. The quantitative estimate of drug-likeness (QED) is 0.850. The van der Waals surface area contributed by atoms with Gasteiger partial charge >= 0.3 is 12.4 Å². The van der Waals surface area contributed by atoms with Gasteiger partial charge in [-0.25, -0.2) is 0 Å². The highest BCUT2D eigenvalue weighted by Gasteiger charge is 2.59. The Bertz CT molecular complexity index is 327. The van der Waals surface area contributed by atoms with Gasteiger partial charge in [-0.15, -0.1) is 0 Å². The maximum Gasteiger partial charge on any atom is 0.402 e. The van der Waals surface area contributed by atoms with E-state index in [0.717, 1.165) is 12.5 Å². The zero-order valence-corrected chi connectivity index (χ0v) is 8.35. The van der Waals surface area contributed by atoms with Gasteiger partial charge in [0.25, 0.3) is 0 Å². The van der Waals surface area contributed by atoms with Gasteiger partial charge in [0.1, 0.15) is 0 Å². The fourth-order valence-corrected chi connectivity index (χ4v) is 1.47. The molecule has 0 saturated heterocycles. The van der Waals surface area contributed by atoms with Gasteiger partial charge in [0.05, 0.1) is 12.5 Å². The standard InChI is InChI=1S/C9H9F6NO/c10-8(11,12)7(9(13,14)15)6(16)3-5-1-2-17-4-5/h1-2,4,6-7H,3,16H2. The van der Waals surface area contributed by atoms with Crippen molar-refractivity contribution in [1.29, 1.82) is 0 Å². The molecule has 1 aromatic heterocycles. The smallest absolute Gasteiger partial charge is 0.402 e. The molecule has 0 saturated carbocycles. The monoisotopic (exact) mass is 261 g/mol. The van der Waals surface area contributed by atoms with E-state index in [4.69, 9.17) is 5.73 Å². The molecule has 1 heterocycles. The topological polar surface area (TPSA) is 39.2 Å². The highest BCUT2D eigenvalue weighted by molar-refractivity contribution is 5.08. The molecule has 2 nitrogen and oxygen atoms in total. The Kier molecular flexibility index (Phi) is 3.75. The summed E-state index contributed by atoms with van der Waals surface area (Å²) in [7, 11) is 0. The molecule has 0 fully saturated rings. The Morgan fingerprint density at radius 3 is 2.00 bits per heavy atom. The molecule has 1 rings (SSSR count). The van der Waals surface area contributed by atoms with E-state index >= 15 is 0 Å². The zero-order chi connectivity index (χ0) is 13.3. The lowest BCUT2D eigenvalue weighted by molar-refractivity contribution is -0.289. The summed E-state index contributed by atoms with van der Waals surface area (Å²) in [5.41, 5.74) is 5.19. The molecule has 0 aliphatic carbocycles. The van der Waals surface area contributed by atoms with Crippen molar-refractivity contribution in [3.8, 4) is 0 Å². The molecule has 0 amide bonds. The summed E-state index contributed by atoms with van der Waals surface area (Å²) >= 11 is 0. The van der Waals surface area contributed by atoms with Crippen LogP contribution in [0.2, 0.25) is 0 Å². The van der Waals surface area contributed by atoms with Crippen molar-refractivity contribution in [1.82, 2.24) is 0 Å². The van der Waals surface area contributed by atoms with E-state index in [0.29, 0.717) is 0 Å². The fraction of sp³-hybridized carbons (Fsp3) is 0.556. The van der Waals surface area contributed by atoms with E-state index in [2.05, 4.69) is 4.42 Å². The summed E-state index contributed by atoms with van der Waals surface area (Å²) in [5, 5.41) is 0. The van der Waals surface area contributed by atoms with E-state index < -0.39 is 30.7 Å². The number of rotatable bonds is 3. The first kappa shape index (κ1) is 13.9. The average molecular weight is 261 g/mol. The Labute approximate surface area is 92.4 Å². The Hall–Kier alpha value is -1.18. The van der Waals surface area contributed by atoms with Gasteiger partial charge in [-0.2, -0.15) is 26.3 Å². The Morgan fingerprint density at radius 1 is 1.12 bits per heavy atom. The minimum atomic E-state index is -5.42. The van der Waals surface area contributed by atoms with Gasteiger partial charge in [0, 0.05) is 6.04 Å². The first-order valence-corrected chi connectivity index (χ1v) is 4.52. The molecule has 1 atom stereocenters. The molecule has 98 valence electrons. The van der Waals surface area contributed by atoms with Gasteiger partial charge in [0.15, 0.2) is 5.92 Å². The average Bonchev–Trinajstić information content (AvgIpc) is 2.49. The van der Waals surface area contributed by atoms with E-state index in [-0.39, 0.29) is 5.56 Å². The number of furan rings is 1. The molecule has 1 aromatic rings. The highest BCUT2D eigenvalue weighted by atomic mass is 19.4. The molecular weight excluding hydrogens is 252 g/mol. The van der Waals surface area contributed by atoms with Crippen LogP contribution in [0, 0.1) is 5.92 Å². The van der Waals surface area contributed by atoms with Crippen molar-refractivity contribution >= 4 is 0 Å². The molecule has 0 aliphatic heterocycles. The molecule has 1 unspecified atom stereocenters. The van der Waals surface area contributed by atoms with Crippen molar-refractivity contribution in [2.75, 3.05) is 0 Å². The van der Waals surface area contributed by atoms with Crippen LogP contribution in [0.1, 0.15) is 5.56 Å². The van der Waals surface area contributed by atoms with Crippen LogP contribution in [0.4, 0.5) is 26.3 Å². The van der Waals surface area contributed by atoms with Crippen LogP contribution < -0.4 is 5.73 Å². The lowest BCUT2D eigenvalue weighted by Crippen LogP contribution is -2.49. The van der Waals surface area contributed by atoms with Crippen LogP contribution in [-0.2, 0) is 6.42 Å². The summed E-state index contributed by atoms with van der Waals surface area (Å²) in [6.07, 6.45) is -9.18. The number of halogens is 6. The predicted molar refractivity (Wildman–Crippen MR) is 46.0 cm³/mol. The summed E-state index contributed by atoms with van der Waals surface area (Å²) in [4.78, 5) is 0. The SMILES string of the molecule is NC(Cc1ccoc1)C(C(F)(F)F)C(F)(F)F. The zero-order valence-electron chi connectivity index (χ0n) is 8.35. The van der Waals surface area contributed by atoms with Crippen LogP contribution in [0.5, 0.6) is 0 Å². The molecule has 0 aromatic carbocycles. The van der Waals surface area contributed by atoms with Crippen LogP contribution in [0.3, 0.4) is 0 Å². The predicted octanol–water partition coefficient (Wildman–Crippen LogP) is 2.89. The van der Waals surface area contributed by atoms with Crippen LogP contribution in [-0.4, -0.2) is 18.4 Å². The Morgan fingerprint density at radius 2 is 1.65 bits per heavy atom. The second kappa shape index (κ2) is 4.59. The molecule has 0 spiro atoms. The maximum absolute atomic E-state index is 12.3. The molecule has 0 aliphatic rings. The van der Waals surface area contributed by atoms with Crippen LogP contribution >= 0.6 is 0 Å². The van der Waals surface area contributed by atoms with Gasteiger partial charge in [-0.3, -0.25) is 0 Å². The summed E-state index contributed by atoms with van der Waals surface area (Å²) in [6.45, 7) is 0. The summed E-state index contributed by atoms with van der Waals surface area (Å²) in [5.74, 6) is -3.54. The molecule has 2 N–H and O–H groups in total. The van der Waals surface area contributed by atoms with E-state index in [1.807, 2.05) is 0 Å². The summed E-state index contributed by atoms with van der Waals surface area (Å²) < 4.78 is 78.2. The molecule has 8 heteroatoms. The Balaban J connectivity index is 2.84. The van der Waals surface area contributed by atoms with Crippen LogP contribution in [0.15, 0.2) is 23.0 Å². The van der Waals surface area contributed by atoms with Crippen molar-refractivity contribution in [3.63, 3.8) is 0 Å². The first-order valence-electron chi connectivity index (χ1n) is 4.52. The molecule has 0 bridgehead atoms. The molecule has 0 radical (unpaired) electrons. The number of hydrogen-bond donors (Lipinski definition) is 1. The second-order valence-electron chi connectivity index (χ2n) is 3.56. The third-order valence-corrected chi connectivity index (χ3v) is 2.18. The van der Waals surface area contributed by atoms with Crippen molar-refractivity contribution in [3.05, 3.63) is 24.2 Å².